The van der Waals surface area contributed by atoms with Gasteiger partial charge in [0.1, 0.15) is 16.5 Å². The first-order valence-electron chi connectivity index (χ1n) is 7.90. The lowest BCUT2D eigenvalue weighted by Gasteiger charge is -2.09. The fourth-order valence-corrected chi connectivity index (χ4v) is 4.26. The van der Waals surface area contributed by atoms with Gasteiger partial charge in [-0.15, -0.1) is 11.3 Å². The lowest BCUT2D eigenvalue weighted by molar-refractivity contribution is 0.414. The molecule has 3 nitrogen and oxygen atoms in total. The first kappa shape index (κ1) is 16.1. The van der Waals surface area contributed by atoms with Crippen LogP contribution in [0, 0.1) is 0 Å². The van der Waals surface area contributed by atoms with Gasteiger partial charge in [-0.1, -0.05) is 42.1 Å². The van der Waals surface area contributed by atoms with Crippen molar-refractivity contribution in [1.82, 2.24) is 9.97 Å². The quantitative estimate of drug-likeness (QED) is 0.428. The number of ether oxygens (including phenoxy) is 1. The summed E-state index contributed by atoms with van der Waals surface area (Å²) in [6, 6.07) is 20.3. The highest BCUT2D eigenvalue weighted by molar-refractivity contribution is 7.98. The number of para-hydroxylation sites is 2. The van der Waals surface area contributed by atoms with Gasteiger partial charge < -0.3 is 4.74 Å². The third-order valence-electron chi connectivity index (χ3n) is 3.83. The lowest BCUT2D eigenvalue weighted by atomic mass is 10.2. The van der Waals surface area contributed by atoms with Crippen molar-refractivity contribution in [1.29, 1.82) is 0 Å². The molecule has 0 atom stereocenters. The Kier molecular flexibility index (Phi) is 4.68. The fraction of sp³-hybridized carbons (Fsp3) is 0.100. The molecule has 2 heterocycles. The average Bonchev–Trinajstić information content (AvgIpc) is 3.20. The first-order chi connectivity index (χ1) is 12.3. The van der Waals surface area contributed by atoms with Crippen molar-refractivity contribution in [2.45, 2.75) is 10.8 Å². The molecule has 0 aliphatic rings. The summed E-state index contributed by atoms with van der Waals surface area (Å²) in [6.07, 6.45) is 0. The van der Waals surface area contributed by atoms with Gasteiger partial charge in [-0.3, -0.25) is 0 Å². The zero-order valence-electron chi connectivity index (χ0n) is 13.7. The minimum Gasteiger partial charge on any atom is -0.497 e. The minimum absolute atomic E-state index is 0.843. The Balaban J connectivity index is 1.68. The topological polar surface area (TPSA) is 35.0 Å². The number of nitrogens with zero attached hydrogens (tertiary/aromatic N) is 2. The second-order valence-corrected chi connectivity index (χ2v) is 7.39. The zero-order chi connectivity index (χ0) is 17.1. The van der Waals surface area contributed by atoms with Crippen LogP contribution in [-0.4, -0.2) is 17.1 Å². The van der Waals surface area contributed by atoms with E-state index < -0.39 is 0 Å². The van der Waals surface area contributed by atoms with Crippen LogP contribution in [0.4, 0.5) is 0 Å². The largest absolute Gasteiger partial charge is 0.497 e. The number of rotatable bonds is 5. The molecule has 0 fully saturated rings. The average molecular weight is 364 g/mol. The number of hydrogen-bond acceptors (Lipinski definition) is 5. The summed E-state index contributed by atoms with van der Waals surface area (Å²) in [4.78, 5) is 10.9. The molecule has 0 aliphatic carbocycles. The normalized spacial score (nSPS) is 10.9. The van der Waals surface area contributed by atoms with E-state index in [1.54, 1.807) is 30.2 Å². The van der Waals surface area contributed by atoms with E-state index in [0.29, 0.717) is 0 Å². The van der Waals surface area contributed by atoms with E-state index >= 15 is 0 Å². The number of hydrogen-bond donors (Lipinski definition) is 0. The van der Waals surface area contributed by atoms with Crippen LogP contribution in [0.15, 0.2) is 71.1 Å². The molecule has 0 amide bonds. The summed E-state index contributed by atoms with van der Waals surface area (Å²) < 4.78 is 5.22. The van der Waals surface area contributed by atoms with Crippen LogP contribution in [0.25, 0.3) is 21.6 Å². The molecular weight excluding hydrogens is 348 g/mol. The van der Waals surface area contributed by atoms with E-state index in [0.717, 1.165) is 38.1 Å². The van der Waals surface area contributed by atoms with Gasteiger partial charge in [0.2, 0.25) is 0 Å². The number of benzene rings is 2. The Morgan fingerprint density at radius 2 is 1.68 bits per heavy atom. The Bertz CT molecular complexity index is 982. The summed E-state index contributed by atoms with van der Waals surface area (Å²) in [5.41, 5.74) is 4.06. The highest BCUT2D eigenvalue weighted by atomic mass is 32.2. The van der Waals surface area contributed by atoms with Crippen LogP contribution >= 0.6 is 23.1 Å². The highest BCUT2D eigenvalue weighted by Crippen LogP contribution is 2.34. The van der Waals surface area contributed by atoms with Crippen molar-refractivity contribution >= 4 is 34.1 Å². The number of aromatic nitrogens is 2. The highest BCUT2D eigenvalue weighted by Gasteiger charge is 2.12. The third kappa shape index (κ3) is 3.52. The molecule has 2 aromatic heterocycles. The monoisotopic (exact) mass is 364 g/mol. The van der Waals surface area contributed by atoms with Crippen LogP contribution in [0.2, 0.25) is 0 Å². The molecule has 2 aromatic carbocycles. The molecular formula is C20H16N2OS2. The van der Waals surface area contributed by atoms with E-state index in [4.69, 9.17) is 14.7 Å². The maximum absolute atomic E-state index is 5.22. The number of thiophene rings is 1. The van der Waals surface area contributed by atoms with Gasteiger partial charge in [-0.05, 0) is 41.3 Å². The molecule has 0 radical (unpaired) electrons. The third-order valence-corrected chi connectivity index (χ3v) is 5.74. The van der Waals surface area contributed by atoms with Gasteiger partial charge in [0.25, 0.3) is 0 Å². The second kappa shape index (κ2) is 7.25. The molecule has 0 saturated carbocycles. The standard InChI is InChI=1S/C20H16N2OS2/c1-23-15-10-8-14(9-11-15)13-25-20-19(18-7-4-12-24-18)21-16-5-2-3-6-17(16)22-20/h2-12H,13H2,1H3. The van der Waals surface area contributed by atoms with Crippen LogP contribution in [-0.2, 0) is 5.75 Å². The van der Waals surface area contributed by atoms with Crippen molar-refractivity contribution in [2.75, 3.05) is 7.11 Å². The molecule has 4 rings (SSSR count). The van der Waals surface area contributed by atoms with E-state index in [2.05, 4.69) is 29.6 Å². The molecule has 25 heavy (non-hydrogen) atoms. The molecule has 0 saturated heterocycles. The van der Waals surface area contributed by atoms with Gasteiger partial charge in [0, 0.05) is 5.75 Å². The summed E-state index contributed by atoms with van der Waals surface area (Å²) in [5, 5.41) is 3.04. The van der Waals surface area contributed by atoms with E-state index in [1.165, 1.54) is 5.56 Å². The molecule has 4 aromatic rings. The summed E-state index contributed by atoms with van der Waals surface area (Å²) >= 11 is 3.41. The molecule has 0 spiro atoms. The van der Waals surface area contributed by atoms with Crippen molar-refractivity contribution in [3.63, 3.8) is 0 Å². The predicted octanol–water partition coefficient (Wildman–Crippen LogP) is 5.66. The predicted molar refractivity (Wildman–Crippen MR) is 105 cm³/mol. The van der Waals surface area contributed by atoms with E-state index in [-0.39, 0.29) is 0 Å². The first-order valence-corrected chi connectivity index (χ1v) is 9.76. The van der Waals surface area contributed by atoms with Gasteiger partial charge >= 0.3 is 0 Å². The van der Waals surface area contributed by atoms with Gasteiger partial charge in [0.05, 0.1) is 23.0 Å². The molecule has 0 bridgehead atoms. The van der Waals surface area contributed by atoms with E-state index in [1.807, 2.05) is 36.4 Å². The van der Waals surface area contributed by atoms with Crippen molar-refractivity contribution in [2.24, 2.45) is 0 Å². The Labute approximate surface area is 154 Å². The van der Waals surface area contributed by atoms with Crippen LogP contribution in [0.5, 0.6) is 5.75 Å². The Morgan fingerprint density at radius 1 is 0.920 bits per heavy atom. The lowest BCUT2D eigenvalue weighted by Crippen LogP contribution is -1.93. The van der Waals surface area contributed by atoms with Gasteiger partial charge in [-0.2, -0.15) is 0 Å². The number of methoxy groups -OCH3 is 1. The van der Waals surface area contributed by atoms with Gasteiger partial charge in [-0.25, -0.2) is 9.97 Å². The summed E-state index contributed by atoms with van der Waals surface area (Å²) in [5.74, 6) is 1.72. The van der Waals surface area contributed by atoms with E-state index in [9.17, 15) is 0 Å². The molecule has 0 N–H and O–H groups in total. The number of thioether (sulfide) groups is 1. The SMILES string of the molecule is COc1ccc(CSc2nc3ccccc3nc2-c2cccs2)cc1. The molecule has 5 heteroatoms. The van der Waals surface area contributed by atoms with Crippen molar-refractivity contribution in [3.8, 4) is 16.3 Å². The number of fused-ring (bicyclic) bond motifs is 1. The van der Waals surface area contributed by atoms with Crippen molar-refractivity contribution < 1.29 is 4.74 Å². The Hall–Kier alpha value is -2.37. The van der Waals surface area contributed by atoms with Crippen LogP contribution < -0.4 is 4.74 Å². The Morgan fingerprint density at radius 3 is 2.36 bits per heavy atom. The maximum Gasteiger partial charge on any atom is 0.124 e. The zero-order valence-corrected chi connectivity index (χ0v) is 15.3. The summed E-state index contributed by atoms with van der Waals surface area (Å²) in [6.45, 7) is 0. The molecule has 124 valence electrons. The minimum atomic E-state index is 0.843. The van der Waals surface area contributed by atoms with Crippen molar-refractivity contribution in [3.05, 3.63) is 71.6 Å². The summed E-state index contributed by atoms with van der Waals surface area (Å²) in [7, 11) is 1.68. The molecule has 0 unspecified atom stereocenters. The fourth-order valence-electron chi connectivity index (χ4n) is 2.53. The van der Waals surface area contributed by atoms with Crippen LogP contribution in [0.3, 0.4) is 0 Å². The van der Waals surface area contributed by atoms with Gasteiger partial charge in [0.15, 0.2) is 0 Å². The smallest absolute Gasteiger partial charge is 0.124 e. The van der Waals surface area contributed by atoms with Crippen LogP contribution in [0.1, 0.15) is 5.56 Å². The molecule has 0 aliphatic heterocycles. The maximum atomic E-state index is 5.22. The second-order valence-electron chi connectivity index (χ2n) is 5.48.